The van der Waals surface area contributed by atoms with Crippen molar-refractivity contribution in [1.82, 2.24) is 20.0 Å². The Morgan fingerprint density at radius 1 is 1.48 bits per heavy atom. The third-order valence-corrected chi connectivity index (χ3v) is 3.96. The number of aryl methyl sites for hydroxylation is 1. The number of aromatic nitrogens is 2. The van der Waals surface area contributed by atoms with Crippen LogP contribution in [-0.2, 0) is 13.6 Å². The van der Waals surface area contributed by atoms with Crippen molar-refractivity contribution in [2.75, 3.05) is 7.05 Å². The molecule has 0 saturated carbocycles. The second kappa shape index (κ2) is 6.76. The van der Waals surface area contributed by atoms with Gasteiger partial charge in [-0.25, -0.2) is 4.79 Å². The molecule has 1 N–H and O–H groups in total. The van der Waals surface area contributed by atoms with Gasteiger partial charge >= 0.3 is 6.03 Å². The monoisotopic (exact) mass is 350 g/mol. The van der Waals surface area contributed by atoms with Crippen LogP contribution in [0.2, 0.25) is 0 Å². The number of carbonyl (C=O) groups is 1. The van der Waals surface area contributed by atoms with E-state index in [0.29, 0.717) is 6.54 Å². The van der Waals surface area contributed by atoms with Crippen LogP contribution in [0.3, 0.4) is 0 Å². The molecule has 5 nitrogen and oxygen atoms in total. The molecular weight excluding hydrogens is 332 g/mol. The smallest absolute Gasteiger partial charge is 0.317 e. The Morgan fingerprint density at radius 2 is 2.19 bits per heavy atom. The molecule has 2 amide bonds. The summed E-state index contributed by atoms with van der Waals surface area (Å²) in [6.45, 7) is 2.50. The Hall–Kier alpha value is -1.82. The molecule has 0 fully saturated rings. The van der Waals surface area contributed by atoms with E-state index in [9.17, 15) is 4.79 Å². The van der Waals surface area contributed by atoms with Gasteiger partial charge in [0.25, 0.3) is 0 Å². The van der Waals surface area contributed by atoms with E-state index in [1.54, 1.807) is 22.8 Å². The second-order valence-corrected chi connectivity index (χ2v) is 5.93. The van der Waals surface area contributed by atoms with Crippen LogP contribution in [-0.4, -0.2) is 27.8 Å². The summed E-state index contributed by atoms with van der Waals surface area (Å²) in [5.74, 6) is 0. The second-order valence-electron chi connectivity index (χ2n) is 5.07. The number of nitrogens with one attached hydrogen (secondary N) is 1. The Kier molecular flexibility index (Phi) is 5.01. The number of halogens is 1. The highest BCUT2D eigenvalue weighted by atomic mass is 79.9. The van der Waals surface area contributed by atoms with Crippen LogP contribution in [0, 0.1) is 0 Å². The number of hydrogen-bond donors (Lipinski definition) is 1. The zero-order valence-electron chi connectivity index (χ0n) is 12.4. The highest BCUT2D eigenvalue weighted by molar-refractivity contribution is 9.10. The molecule has 0 bridgehead atoms. The molecule has 1 atom stereocenters. The first-order chi connectivity index (χ1) is 9.97. The van der Waals surface area contributed by atoms with Crippen LogP contribution >= 0.6 is 15.9 Å². The molecule has 21 heavy (non-hydrogen) atoms. The van der Waals surface area contributed by atoms with Gasteiger partial charge in [-0.15, -0.1) is 0 Å². The Balaban J connectivity index is 1.96. The first kappa shape index (κ1) is 15.6. The average molecular weight is 351 g/mol. The number of amides is 2. The Bertz CT molecular complexity index is 626. The number of nitrogens with zero attached hydrogens (tertiary/aromatic N) is 3. The standard InChI is InChI=1S/C15H19BrN4O/c1-11(13-6-4-5-7-14(13)16)18-15(21)19(2)9-12-8-17-20(3)10-12/h4-8,10-11H,9H2,1-3H3,(H,18,21). The van der Waals surface area contributed by atoms with E-state index in [1.807, 2.05) is 44.4 Å². The van der Waals surface area contributed by atoms with Crippen molar-refractivity contribution in [3.8, 4) is 0 Å². The lowest BCUT2D eigenvalue weighted by Crippen LogP contribution is -2.38. The van der Waals surface area contributed by atoms with Gasteiger partial charge in [-0.3, -0.25) is 4.68 Å². The zero-order chi connectivity index (χ0) is 15.4. The van der Waals surface area contributed by atoms with E-state index >= 15 is 0 Å². The summed E-state index contributed by atoms with van der Waals surface area (Å²) in [7, 11) is 3.63. The van der Waals surface area contributed by atoms with Gasteiger partial charge in [-0.05, 0) is 18.6 Å². The highest BCUT2D eigenvalue weighted by Gasteiger charge is 2.15. The van der Waals surface area contributed by atoms with Crippen molar-refractivity contribution in [3.05, 3.63) is 52.3 Å². The topological polar surface area (TPSA) is 50.2 Å². The predicted molar refractivity (Wildman–Crippen MR) is 85.8 cm³/mol. The number of carbonyl (C=O) groups excluding carboxylic acids is 1. The molecule has 1 heterocycles. The van der Waals surface area contributed by atoms with E-state index in [-0.39, 0.29) is 12.1 Å². The lowest BCUT2D eigenvalue weighted by Gasteiger charge is -2.21. The highest BCUT2D eigenvalue weighted by Crippen LogP contribution is 2.22. The van der Waals surface area contributed by atoms with Gasteiger partial charge in [-0.1, -0.05) is 34.1 Å². The minimum Gasteiger partial charge on any atom is -0.331 e. The fourth-order valence-corrected chi connectivity index (χ4v) is 2.73. The molecule has 112 valence electrons. The normalized spacial score (nSPS) is 12.0. The molecular formula is C15H19BrN4O. The summed E-state index contributed by atoms with van der Waals surface area (Å²) < 4.78 is 2.72. The van der Waals surface area contributed by atoms with Crippen molar-refractivity contribution >= 4 is 22.0 Å². The summed E-state index contributed by atoms with van der Waals surface area (Å²) >= 11 is 3.50. The minimum atomic E-state index is -0.109. The molecule has 0 radical (unpaired) electrons. The third kappa shape index (κ3) is 4.07. The number of urea groups is 1. The van der Waals surface area contributed by atoms with Gasteiger partial charge in [0, 0.05) is 30.3 Å². The SMILES string of the molecule is CC(NC(=O)N(C)Cc1cnn(C)c1)c1ccccc1Br. The molecule has 6 heteroatoms. The van der Waals surface area contributed by atoms with Crippen molar-refractivity contribution < 1.29 is 4.79 Å². The fraction of sp³-hybridized carbons (Fsp3) is 0.333. The molecule has 0 aliphatic heterocycles. The van der Waals surface area contributed by atoms with Gasteiger partial charge in [0.2, 0.25) is 0 Å². The summed E-state index contributed by atoms with van der Waals surface area (Å²) in [5.41, 5.74) is 2.06. The minimum absolute atomic E-state index is 0.0653. The molecule has 1 aromatic heterocycles. The maximum Gasteiger partial charge on any atom is 0.317 e. The van der Waals surface area contributed by atoms with Crippen molar-refractivity contribution in [3.63, 3.8) is 0 Å². The van der Waals surface area contributed by atoms with Crippen LogP contribution in [0.15, 0.2) is 41.1 Å². The average Bonchev–Trinajstić information content (AvgIpc) is 2.84. The van der Waals surface area contributed by atoms with Crippen LogP contribution in [0.25, 0.3) is 0 Å². The molecule has 0 spiro atoms. The van der Waals surface area contributed by atoms with E-state index in [4.69, 9.17) is 0 Å². The van der Waals surface area contributed by atoms with E-state index in [1.165, 1.54) is 0 Å². The third-order valence-electron chi connectivity index (χ3n) is 3.24. The quantitative estimate of drug-likeness (QED) is 0.920. The van der Waals surface area contributed by atoms with Crippen molar-refractivity contribution in [2.24, 2.45) is 7.05 Å². The van der Waals surface area contributed by atoms with E-state index in [0.717, 1.165) is 15.6 Å². The van der Waals surface area contributed by atoms with Gasteiger partial charge in [0.15, 0.2) is 0 Å². The lowest BCUT2D eigenvalue weighted by molar-refractivity contribution is 0.203. The fourth-order valence-electron chi connectivity index (χ4n) is 2.10. The molecule has 2 aromatic rings. The zero-order valence-corrected chi connectivity index (χ0v) is 14.0. The van der Waals surface area contributed by atoms with Crippen LogP contribution in [0.5, 0.6) is 0 Å². The number of hydrogen-bond acceptors (Lipinski definition) is 2. The predicted octanol–water partition coefficient (Wildman–Crippen LogP) is 3.09. The summed E-state index contributed by atoms with van der Waals surface area (Å²) in [4.78, 5) is 13.9. The molecule has 1 unspecified atom stereocenters. The molecule has 0 aliphatic rings. The first-order valence-corrected chi connectivity index (χ1v) is 7.50. The Morgan fingerprint density at radius 3 is 2.81 bits per heavy atom. The lowest BCUT2D eigenvalue weighted by atomic mass is 10.1. The van der Waals surface area contributed by atoms with Crippen molar-refractivity contribution in [2.45, 2.75) is 19.5 Å². The summed E-state index contributed by atoms with van der Waals surface area (Å²) in [6.07, 6.45) is 3.67. The van der Waals surface area contributed by atoms with Crippen LogP contribution < -0.4 is 5.32 Å². The summed E-state index contributed by atoms with van der Waals surface area (Å²) in [6, 6.07) is 7.71. The van der Waals surface area contributed by atoms with E-state index in [2.05, 4.69) is 26.3 Å². The first-order valence-electron chi connectivity index (χ1n) is 6.71. The van der Waals surface area contributed by atoms with Crippen molar-refractivity contribution in [1.29, 1.82) is 0 Å². The van der Waals surface area contributed by atoms with Crippen LogP contribution in [0.4, 0.5) is 4.79 Å². The van der Waals surface area contributed by atoms with Crippen LogP contribution in [0.1, 0.15) is 24.1 Å². The van der Waals surface area contributed by atoms with E-state index < -0.39 is 0 Å². The molecule has 0 aliphatic carbocycles. The van der Waals surface area contributed by atoms with Gasteiger partial charge in [-0.2, -0.15) is 5.10 Å². The molecule has 1 aromatic carbocycles. The van der Waals surface area contributed by atoms with Gasteiger partial charge < -0.3 is 10.2 Å². The summed E-state index contributed by atoms with van der Waals surface area (Å²) in [5, 5.41) is 7.09. The van der Waals surface area contributed by atoms with Gasteiger partial charge in [0.1, 0.15) is 0 Å². The van der Waals surface area contributed by atoms with Gasteiger partial charge in [0.05, 0.1) is 18.8 Å². The molecule has 0 saturated heterocycles. The maximum absolute atomic E-state index is 12.2. The molecule has 2 rings (SSSR count). The number of rotatable bonds is 4. The largest absolute Gasteiger partial charge is 0.331 e. The maximum atomic E-state index is 12.2. The number of benzene rings is 1. The Labute approximate surface area is 133 Å².